The Bertz CT molecular complexity index is 1290. The molecule has 8 nitrogen and oxygen atoms in total. The van der Waals surface area contributed by atoms with Gasteiger partial charge in [-0.1, -0.05) is 24.3 Å². The molecule has 2 aromatic carbocycles. The van der Waals surface area contributed by atoms with Gasteiger partial charge in [-0.15, -0.1) is 0 Å². The minimum absolute atomic E-state index is 0.443. The van der Waals surface area contributed by atoms with Crippen LogP contribution in [0, 0.1) is 0 Å². The Morgan fingerprint density at radius 1 is 0.550 bits per heavy atom. The summed E-state index contributed by atoms with van der Waals surface area (Å²) in [5, 5.41) is 0. The Balaban J connectivity index is 1.43. The van der Waals surface area contributed by atoms with Crippen LogP contribution in [0.4, 0.5) is 0 Å². The lowest BCUT2D eigenvalue weighted by Gasteiger charge is -2.32. The van der Waals surface area contributed by atoms with Crippen LogP contribution in [-0.4, -0.2) is 60.8 Å². The fraction of sp³-hybridized carbons (Fsp3) is 0.467. The summed E-state index contributed by atoms with van der Waals surface area (Å²) >= 11 is 0. The molecule has 5 rings (SSSR count). The van der Waals surface area contributed by atoms with Gasteiger partial charge in [0.2, 0.25) is 0 Å². The summed E-state index contributed by atoms with van der Waals surface area (Å²) in [6, 6.07) is 13.8. The number of benzene rings is 2. The third-order valence-electron chi connectivity index (χ3n) is 8.74. The van der Waals surface area contributed by atoms with E-state index in [1.807, 2.05) is 97.9 Å². The molecule has 0 spiro atoms. The van der Waals surface area contributed by atoms with Crippen LogP contribution in [0.5, 0.6) is 11.5 Å². The van der Waals surface area contributed by atoms with Crippen molar-refractivity contribution in [3.8, 4) is 34.0 Å². The molecule has 0 atom stereocenters. The molecule has 0 N–H and O–H groups in total. The van der Waals surface area contributed by atoms with E-state index < -0.39 is 36.6 Å². The van der Waals surface area contributed by atoms with Gasteiger partial charge in [0, 0.05) is 22.1 Å². The number of ether oxygens (including phenoxy) is 2. The fourth-order valence-electron chi connectivity index (χ4n) is 4.74. The van der Waals surface area contributed by atoms with Crippen molar-refractivity contribution in [2.24, 2.45) is 0 Å². The Morgan fingerprint density at radius 3 is 1.23 bits per heavy atom. The average molecular weight is 544 g/mol. The van der Waals surface area contributed by atoms with E-state index in [0.29, 0.717) is 11.5 Å². The fourth-order valence-corrected chi connectivity index (χ4v) is 4.74. The zero-order valence-corrected chi connectivity index (χ0v) is 25.1. The Kier molecular flexibility index (Phi) is 7.06. The van der Waals surface area contributed by atoms with Gasteiger partial charge >= 0.3 is 14.2 Å². The molecule has 2 aliphatic heterocycles. The Hall–Kier alpha value is -2.91. The molecule has 1 aromatic heterocycles. The van der Waals surface area contributed by atoms with Gasteiger partial charge in [0.25, 0.3) is 0 Å². The van der Waals surface area contributed by atoms with Crippen LogP contribution < -0.4 is 20.4 Å². The molecule has 0 amide bonds. The van der Waals surface area contributed by atoms with Crippen molar-refractivity contribution >= 4 is 25.2 Å². The van der Waals surface area contributed by atoms with Crippen LogP contribution in [0.25, 0.3) is 22.5 Å². The van der Waals surface area contributed by atoms with Crippen LogP contribution in [0.2, 0.25) is 0 Å². The summed E-state index contributed by atoms with van der Waals surface area (Å²) < 4.78 is 36.5. The predicted octanol–water partition coefficient (Wildman–Crippen LogP) is 4.43. The van der Waals surface area contributed by atoms with Crippen LogP contribution in [0.1, 0.15) is 55.4 Å². The first-order chi connectivity index (χ1) is 18.7. The SMILES string of the molecule is COc1cc(-c2cc(-c3ccc(B4OC(C)(C)C(C)(C)O4)c(OC)c3)ncn2)ccc1B1OC(C)(C)C(C)(C)O1. The van der Waals surface area contributed by atoms with E-state index in [4.69, 9.17) is 28.1 Å². The van der Waals surface area contributed by atoms with Crippen molar-refractivity contribution in [2.75, 3.05) is 14.2 Å². The zero-order chi connectivity index (χ0) is 29.1. The summed E-state index contributed by atoms with van der Waals surface area (Å²) in [5.74, 6) is 1.34. The largest absolute Gasteiger partial charge is 0.498 e. The number of methoxy groups -OCH3 is 2. The monoisotopic (exact) mass is 544 g/mol. The number of hydrogen-bond donors (Lipinski definition) is 0. The smallest absolute Gasteiger partial charge is 0.497 e. The second-order valence-electron chi connectivity index (χ2n) is 12.4. The van der Waals surface area contributed by atoms with Gasteiger partial charge in [0.05, 0.1) is 48.0 Å². The lowest BCUT2D eigenvalue weighted by molar-refractivity contribution is 0.00578. The molecule has 0 saturated carbocycles. The average Bonchev–Trinajstić information content (AvgIpc) is 3.27. The second-order valence-corrected chi connectivity index (χ2v) is 12.4. The number of aromatic nitrogens is 2. The molecule has 3 aromatic rings. The first kappa shape index (κ1) is 28.6. The maximum atomic E-state index is 6.25. The number of hydrogen-bond acceptors (Lipinski definition) is 8. The summed E-state index contributed by atoms with van der Waals surface area (Å²) in [6.07, 6.45) is 1.56. The van der Waals surface area contributed by atoms with Crippen LogP contribution in [0.15, 0.2) is 48.8 Å². The molecule has 210 valence electrons. The summed E-state index contributed by atoms with van der Waals surface area (Å²) in [5.41, 5.74) is 3.20. The topological polar surface area (TPSA) is 81.2 Å². The van der Waals surface area contributed by atoms with Crippen LogP contribution >= 0.6 is 0 Å². The highest BCUT2D eigenvalue weighted by Gasteiger charge is 2.53. The molecule has 3 heterocycles. The number of nitrogens with zero attached hydrogens (tertiary/aromatic N) is 2. The van der Waals surface area contributed by atoms with Crippen molar-refractivity contribution in [3.05, 3.63) is 48.8 Å². The molecule has 0 aliphatic carbocycles. The number of rotatable bonds is 6. The minimum Gasteiger partial charge on any atom is -0.497 e. The normalized spacial score (nSPS) is 20.6. The summed E-state index contributed by atoms with van der Waals surface area (Å²) in [6.45, 7) is 16.3. The van der Waals surface area contributed by atoms with Gasteiger partial charge in [0.1, 0.15) is 17.8 Å². The van der Waals surface area contributed by atoms with E-state index >= 15 is 0 Å². The van der Waals surface area contributed by atoms with Crippen molar-refractivity contribution in [1.82, 2.24) is 9.97 Å². The minimum atomic E-state index is -0.523. The maximum Gasteiger partial charge on any atom is 0.498 e. The molecule has 2 fully saturated rings. The van der Waals surface area contributed by atoms with Gasteiger partial charge in [-0.3, -0.25) is 0 Å². The van der Waals surface area contributed by atoms with Crippen molar-refractivity contribution in [3.63, 3.8) is 0 Å². The van der Waals surface area contributed by atoms with Gasteiger partial charge in [-0.25, -0.2) is 9.97 Å². The summed E-state index contributed by atoms with van der Waals surface area (Å²) in [4.78, 5) is 9.08. The highest BCUT2D eigenvalue weighted by molar-refractivity contribution is 6.63. The predicted molar refractivity (Wildman–Crippen MR) is 157 cm³/mol. The second kappa shape index (κ2) is 9.87. The quantitative estimate of drug-likeness (QED) is 0.422. The standard InChI is InChI=1S/C30H38B2N2O6/c1-27(2)28(3,4)38-31(37-27)21-13-11-19(15-25(21)35-9)23-17-24(34-18-33-23)20-12-14-22(26(16-20)36-10)32-39-29(5,6)30(7,8)40-32/h11-18H,1-10H3. The van der Waals surface area contributed by atoms with Gasteiger partial charge in [0.15, 0.2) is 0 Å². The molecular formula is C30H38B2N2O6. The molecule has 40 heavy (non-hydrogen) atoms. The highest BCUT2D eigenvalue weighted by atomic mass is 16.7. The van der Waals surface area contributed by atoms with E-state index in [0.717, 1.165) is 33.4 Å². The molecule has 2 saturated heterocycles. The van der Waals surface area contributed by atoms with E-state index in [2.05, 4.69) is 9.97 Å². The van der Waals surface area contributed by atoms with Gasteiger partial charge in [-0.2, -0.15) is 0 Å². The van der Waals surface area contributed by atoms with E-state index in [-0.39, 0.29) is 0 Å². The third-order valence-corrected chi connectivity index (χ3v) is 8.74. The van der Waals surface area contributed by atoms with E-state index in [9.17, 15) is 0 Å². The van der Waals surface area contributed by atoms with Crippen molar-refractivity contribution in [1.29, 1.82) is 0 Å². The van der Waals surface area contributed by atoms with E-state index in [1.165, 1.54) is 0 Å². The van der Waals surface area contributed by atoms with Gasteiger partial charge in [-0.05, 0) is 73.6 Å². The molecule has 2 aliphatic rings. The van der Waals surface area contributed by atoms with Crippen LogP contribution in [-0.2, 0) is 18.6 Å². The Labute approximate surface area is 238 Å². The first-order valence-electron chi connectivity index (χ1n) is 13.6. The van der Waals surface area contributed by atoms with Gasteiger partial charge < -0.3 is 28.1 Å². The maximum absolute atomic E-state index is 6.25. The van der Waals surface area contributed by atoms with E-state index in [1.54, 1.807) is 20.5 Å². The summed E-state index contributed by atoms with van der Waals surface area (Å²) in [7, 11) is 2.25. The first-order valence-corrected chi connectivity index (χ1v) is 13.6. The van der Waals surface area contributed by atoms with Crippen molar-refractivity contribution < 1.29 is 28.1 Å². The zero-order valence-electron chi connectivity index (χ0n) is 25.1. The van der Waals surface area contributed by atoms with Crippen molar-refractivity contribution in [2.45, 2.75) is 77.8 Å². The molecule has 0 unspecified atom stereocenters. The lowest BCUT2D eigenvalue weighted by atomic mass is 9.77. The molecule has 10 heteroatoms. The lowest BCUT2D eigenvalue weighted by Crippen LogP contribution is -2.41. The molecule has 0 radical (unpaired) electrons. The Morgan fingerprint density at radius 2 is 0.900 bits per heavy atom. The highest BCUT2D eigenvalue weighted by Crippen LogP contribution is 2.39. The van der Waals surface area contributed by atoms with Crippen LogP contribution in [0.3, 0.4) is 0 Å². The molecular weight excluding hydrogens is 506 g/mol. The third kappa shape index (κ3) is 4.91. The molecule has 0 bridgehead atoms.